The van der Waals surface area contributed by atoms with Gasteiger partial charge in [-0.3, -0.25) is 4.79 Å². The molecule has 0 amide bonds. The molecule has 3 aliphatic rings. The first kappa shape index (κ1) is 17.6. The summed E-state index contributed by atoms with van der Waals surface area (Å²) in [5.74, 6) is -1.78. The predicted octanol–water partition coefficient (Wildman–Crippen LogP) is 2.23. The molecule has 1 saturated heterocycles. The minimum atomic E-state index is -1.07. The van der Waals surface area contributed by atoms with Crippen molar-refractivity contribution in [1.82, 2.24) is 0 Å². The first-order valence-electron chi connectivity index (χ1n) is 9.26. The minimum absolute atomic E-state index is 0.207. The fourth-order valence-electron chi connectivity index (χ4n) is 5.73. The average molecular weight is 362 g/mol. The SMILES string of the molecule is C[C@H](CO)c1cc2c(c(O)c1O)[C@@]13CCCC(C)(C)[C@@H]1[C@H](OC3=O)[C@H]2O. The van der Waals surface area contributed by atoms with Crippen LogP contribution < -0.4 is 0 Å². The molecule has 5 atom stereocenters. The number of aliphatic hydroxyl groups is 2. The first-order valence-corrected chi connectivity index (χ1v) is 9.26. The molecule has 26 heavy (non-hydrogen) atoms. The van der Waals surface area contributed by atoms with Gasteiger partial charge in [-0.1, -0.05) is 27.2 Å². The van der Waals surface area contributed by atoms with Gasteiger partial charge >= 0.3 is 5.97 Å². The molecule has 1 aromatic carbocycles. The molecule has 0 unspecified atom stereocenters. The maximum Gasteiger partial charge on any atom is 0.317 e. The fraction of sp³-hybridized carbons (Fsp3) is 0.650. The molecular formula is C20H26O6. The Morgan fingerprint density at radius 2 is 1.96 bits per heavy atom. The first-order chi connectivity index (χ1) is 12.2. The Morgan fingerprint density at radius 1 is 1.27 bits per heavy atom. The maximum absolute atomic E-state index is 13.0. The number of hydrogen-bond acceptors (Lipinski definition) is 6. The van der Waals surface area contributed by atoms with E-state index in [-0.39, 0.29) is 29.4 Å². The highest BCUT2D eigenvalue weighted by Crippen LogP contribution is 2.66. The Morgan fingerprint density at radius 3 is 2.62 bits per heavy atom. The molecule has 0 spiro atoms. The second kappa shape index (κ2) is 5.36. The van der Waals surface area contributed by atoms with E-state index in [1.165, 1.54) is 0 Å². The van der Waals surface area contributed by atoms with Crippen molar-refractivity contribution in [2.75, 3.05) is 6.61 Å². The van der Waals surface area contributed by atoms with E-state index >= 15 is 0 Å². The van der Waals surface area contributed by atoms with E-state index in [1.807, 2.05) is 0 Å². The lowest BCUT2D eigenvalue weighted by Gasteiger charge is -2.51. The summed E-state index contributed by atoms with van der Waals surface area (Å²) in [5.41, 5.74) is -0.177. The van der Waals surface area contributed by atoms with Crippen LogP contribution in [0.15, 0.2) is 6.07 Å². The molecule has 0 radical (unpaired) electrons. The molecule has 2 bridgehead atoms. The normalized spacial score (nSPS) is 35.4. The smallest absolute Gasteiger partial charge is 0.317 e. The molecule has 2 fully saturated rings. The summed E-state index contributed by atoms with van der Waals surface area (Å²) in [7, 11) is 0. The van der Waals surface area contributed by atoms with Crippen molar-refractivity contribution in [3.8, 4) is 11.5 Å². The van der Waals surface area contributed by atoms with Crippen molar-refractivity contribution >= 4 is 5.97 Å². The Labute approximate surface area is 152 Å². The van der Waals surface area contributed by atoms with Gasteiger partial charge in [0, 0.05) is 29.6 Å². The van der Waals surface area contributed by atoms with Crippen LogP contribution in [0.2, 0.25) is 0 Å². The van der Waals surface area contributed by atoms with E-state index in [1.54, 1.807) is 13.0 Å². The van der Waals surface area contributed by atoms with E-state index in [2.05, 4.69) is 13.8 Å². The van der Waals surface area contributed by atoms with Gasteiger partial charge in [0.25, 0.3) is 0 Å². The quantitative estimate of drug-likeness (QED) is 0.475. The van der Waals surface area contributed by atoms with E-state index in [0.717, 1.165) is 12.8 Å². The van der Waals surface area contributed by atoms with E-state index in [0.29, 0.717) is 23.1 Å². The second-order valence-corrected chi connectivity index (χ2v) is 8.82. The largest absolute Gasteiger partial charge is 0.504 e. The molecule has 4 rings (SSSR count). The number of ether oxygens (including phenoxy) is 1. The number of aromatic hydroxyl groups is 2. The van der Waals surface area contributed by atoms with Crippen LogP contribution in [0.5, 0.6) is 11.5 Å². The van der Waals surface area contributed by atoms with Gasteiger partial charge in [-0.15, -0.1) is 0 Å². The van der Waals surface area contributed by atoms with E-state index in [4.69, 9.17) is 4.74 Å². The Kier molecular flexibility index (Phi) is 3.63. The number of carbonyl (C=O) groups excluding carboxylic acids is 1. The number of phenols is 2. The number of phenolic OH excluding ortho intramolecular Hbond substituents is 2. The second-order valence-electron chi connectivity index (χ2n) is 8.82. The van der Waals surface area contributed by atoms with Crippen LogP contribution in [0.25, 0.3) is 0 Å². The summed E-state index contributed by atoms with van der Waals surface area (Å²) < 4.78 is 5.64. The van der Waals surface area contributed by atoms with Crippen LogP contribution in [-0.2, 0) is 14.9 Å². The molecule has 6 heteroatoms. The van der Waals surface area contributed by atoms with Gasteiger partial charge in [-0.25, -0.2) is 0 Å². The van der Waals surface area contributed by atoms with Crippen LogP contribution in [0.3, 0.4) is 0 Å². The van der Waals surface area contributed by atoms with Gasteiger partial charge in [0.2, 0.25) is 0 Å². The van der Waals surface area contributed by atoms with Crippen molar-refractivity contribution in [2.45, 2.75) is 63.6 Å². The molecule has 1 aliphatic heterocycles. The number of esters is 1. The number of hydrogen-bond donors (Lipinski definition) is 4. The average Bonchev–Trinajstić information content (AvgIpc) is 2.86. The lowest BCUT2D eigenvalue weighted by atomic mass is 9.49. The monoisotopic (exact) mass is 362 g/mol. The van der Waals surface area contributed by atoms with Crippen LogP contribution in [0.1, 0.15) is 68.7 Å². The Bertz CT molecular complexity index is 785. The lowest BCUT2D eigenvalue weighted by molar-refractivity contribution is -0.148. The third kappa shape index (κ3) is 1.92. The zero-order chi connectivity index (χ0) is 19.0. The third-order valence-electron chi connectivity index (χ3n) is 6.92. The van der Waals surface area contributed by atoms with Crippen molar-refractivity contribution in [2.24, 2.45) is 11.3 Å². The van der Waals surface area contributed by atoms with Crippen LogP contribution in [0.4, 0.5) is 0 Å². The van der Waals surface area contributed by atoms with Gasteiger partial charge in [-0.05, 0) is 29.9 Å². The van der Waals surface area contributed by atoms with Crippen molar-refractivity contribution < 1.29 is 30.0 Å². The molecule has 1 saturated carbocycles. The molecule has 142 valence electrons. The Hall–Kier alpha value is -1.79. The van der Waals surface area contributed by atoms with Crippen LogP contribution in [-0.4, -0.2) is 39.1 Å². The third-order valence-corrected chi connectivity index (χ3v) is 6.92. The van der Waals surface area contributed by atoms with E-state index in [9.17, 15) is 25.2 Å². The van der Waals surface area contributed by atoms with E-state index < -0.39 is 29.5 Å². The number of rotatable bonds is 2. The minimum Gasteiger partial charge on any atom is -0.504 e. The number of fused-ring (bicyclic) bond motifs is 1. The Balaban J connectivity index is 2.03. The van der Waals surface area contributed by atoms with Gasteiger partial charge in [0.05, 0.1) is 0 Å². The van der Waals surface area contributed by atoms with Crippen molar-refractivity contribution in [3.63, 3.8) is 0 Å². The molecule has 2 aliphatic carbocycles. The van der Waals surface area contributed by atoms with Crippen molar-refractivity contribution in [1.29, 1.82) is 0 Å². The fourth-order valence-corrected chi connectivity index (χ4v) is 5.73. The van der Waals surface area contributed by atoms with Gasteiger partial charge in [-0.2, -0.15) is 0 Å². The summed E-state index contributed by atoms with van der Waals surface area (Å²) in [4.78, 5) is 13.0. The highest BCUT2D eigenvalue weighted by Gasteiger charge is 2.70. The molecule has 4 N–H and O–H groups in total. The number of benzene rings is 1. The van der Waals surface area contributed by atoms with Crippen molar-refractivity contribution in [3.05, 3.63) is 22.8 Å². The van der Waals surface area contributed by atoms with Gasteiger partial charge in [0.15, 0.2) is 11.5 Å². The van der Waals surface area contributed by atoms with Crippen LogP contribution in [0, 0.1) is 11.3 Å². The zero-order valence-corrected chi connectivity index (χ0v) is 15.3. The summed E-state index contributed by atoms with van der Waals surface area (Å²) in [6.07, 6.45) is 0.504. The van der Waals surface area contributed by atoms with Gasteiger partial charge < -0.3 is 25.2 Å². The highest BCUT2D eigenvalue weighted by atomic mass is 16.6. The van der Waals surface area contributed by atoms with Crippen LogP contribution >= 0.6 is 0 Å². The summed E-state index contributed by atoms with van der Waals surface area (Å²) in [5, 5.41) is 41.9. The number of aliphatic hydroxyl groups excluding tert-OH is 2. The summed E-state index contributed by atoms with van der Waals surface area (Å²) in [6.45, 7) is 5.65. The molecular weight excluding hydrogens is 336 g/mol. The number of carbonyl (C=O) groups is 1. The van der Waals surface area contributed by atoms with Gasteiger partial charge in [0.1, 0.15) is 17.6 Å². The summed E-state index contributed by atoms with van der Waals surface area (Å²) in [6, 6.07) is 1.62. The zero-order valence-electron chi connectivity index (χ0n) is 15.3. The molecule has 6 nitrogen and oxygen atoms in total. The predicted molar refractivity (Wildman–Crippen MR) is 92.9 cm³/mol. The summed E-state index contributed by atoms with van der Waals surface area (Å²) >= 11 is 0. The topological polar surface area (TPSA) is 107 Å². The highest BCUT2D eigenvalue weighted by molar-refractivity contribution is 5.90. The molecule has 1 aromatic rings. The standard InChI is InChI=1S/C20H26O6/c1-9(8-21)10-7-11-12(15(24)13(10)22)20-6-4-5-19(2,3)17(20)16(14(11)23)26-18(20)25/h7,9,14,16-17,21-24H,4-6,8H2,1-3H3/t9-,14+,16-,17+,20+/m1/s1. The lowest BCUT2D eigenvalue weighted by Crippen LogP contribution is -2.54. The molecule has 1 heterocycles. The molecule has 0 aromatic heterocycles. The maximum atomic E-state index is 13.0.